The number of oxazole rings is 1. The molecule has 3 rings (SSSR count). The predicted octanol–water partition coefficient (Wildman–Crippen LogP) is 3.23. The number of aromatic nitrogens is 2. The van der Waals surface area contributed by atoms with Crippen LogP contribution in [0.2, 0.25) is 5.15 Å². The van der Waals surface area contributed by atoms with Gasteiger partial charge in [-0.3, -0.25) is 14.9 Å². The van der Waals surface area contributed by atoms with Crippen molar-refractivity contribution in [3.8, 4) is 0 Å². The lowest BCUT2D eigenvalue weighted by atomic mass is 10.2. The molecule has 2 amide bonds. The molecule has 0 aliphatic rings. The average molecular weight is 343 g/mol. The second-order valence-electron chi connectivity index (χ2n) is 4.68. The molecular weight excluding hydrogens is 332 g/mol. The third-order valence-electron chi connectivity index (χ3n) is 2.98. The van der Waals surface area contributed by atoms with Crippen LogP contribution < -0.4 is 10.6 Å². The number of amides is 2. The van der Waals surface area contributed by atoms with Crippen molar-refractivity contribution in [1.29, 1.82) is 0 Å². The van der Waals surface area contributed by atoms with Crippen molar-refractivity contribution in [2.75, 3.05) is 10.6 Å². The number of rotatable bonds is 4. The normalized spacial score (nSPS) is 10.2. The molecule has 24 heavy (non-hydrogen) atoms. The second-order valence-corrected chi connectivity index (χ2v) is 5.07. The number of carbonyl (C=O) groups excluding carboxylic acids is 2. The van der Waals surface area contributed by atoms with Gasteiger partial charge < -0.3 is 9.73 Å². The Morgan fingerprint density at radius 1 is 1.00 bits per heavy atom. The highest BCUT2D eigenvalue weighted by molar-refractivity contribution is 6.29. The molecule has 0 saturated carbocycles. The van der Waals surface area contributed by atoms with Gasteiger partial charge in [-0.2, -0.15) is 4.98 Å². The molecule has 1 aromatic carbocycles. The van der Waals surface area contributed by atoms with Crippen LogP contribution in [0.1, 0.15) is 20.8 Å². The zero-order valence-corrected chi connectivity index (χ0v) is 12.9. The van der Waals surface area contributed by atoms with Gasteiger partial charge in [0.05, 0.1) is 11.9 Å². The van der Waals surface area contributed by atoms with E-state index in [1.807, 2.05) is 0 Å². The van der Waals surface area contributed by atoms with E-state index in [0.717, 1.165) is 6.26 Å². The number of nitrogens with one attached hydrogen (secondary N) is 2. The number of halogens is 1. The summed E-state index contributed by atoms with van der Waals surface area (Å²) in [6, 6.07) is 11.7. The van der Waals surface area contributed by atoms with Gasteiger partial charge in [0.1, 0.15) is 11.4 Å². The topological polar surface area (TPSA) is 97.1 Å². The lowest BCUT2D eigenvalue weighted by molar-refractivity contribution is 0.101. The van der Waals surface area contributed by atoms with Gasteiger partial charge in [-0.1, -0.05) is 29.8 Å². The van der Waals surface area contributed by atoms with Gasteiger partial charge in [-0.25, -0.2) is 4.98 Å². The fraction of sp³-hybridized carbons (Fsp3) is 0. The smallest absolute Gasteiger partial charge is 0.302 e. The molecular formula is C16H11ClN4O3. The molecule has 0 saturated heterocycles. The maximum atomic E-state index is 12.1. The van der Waals surface area contributed by atoms with Gasteiger partial charge in [0.25, 0.3) is 11.8 Å². The molecule has 3 aromatic rings. The molecule has 120 valence electrons. The zero-order valence-electron chi connectivity index (χ0n) is 12.2. The Balaban J connectivity index is 1.65. The number of pyridine rings is 1. The molecule has 2 heterocycles. The highest BCUT2D eigenvalue weighted by Crippen LogP contribution is 2.13. The maximum Gasteiger partial charge on any atom is 0.302 e. The summed E-state index contributed by atoms with van der Waals surface area (Å²) in [5.74, 6) is -0.880. The summed E-state index contributed by atoms with van der Waals surface area (Å²) in [6.45, 7) is 0. The molecule has 0 aliphatic carbocycles. The van der Waals surface area contributed by atoms with Gasteiger partial charge in [-0.15, -0.1) is 0 Å². The summed E-state index contributed by atoms with van der Waals surface area (Å²) in [7, 11) is 0. The van der Waals surface area contributed by atoms with E-state index in [1.165, 1.54) is 6.20 Å². The number of nitrogens with zero attached hydrogens (tertiary/aromatic N) is 2. The molecule has 0 atom stereocenters. The van der Waals surface area contributed by atoms with Crippen LogP contribution in [0, 0.1) is 0 Å². The number of carbonyl (C=O) groups is 2. The molecule has 0 bridgehead atoms. The Morgan fingerprint density at radius 2 is 1.79 bits per heavy atom. The summed E-state index contributed by atoms with van der Waals surface area (Å²) in [6.07, 6.45) is 2.57. The number of benzene rings is 1. The number of hydrogen-bond donors (Lipinski definition) is 2. The van der Waals surface area contributed by atoms with Gasteiger partial charge in [0.15, 0.2) is 5.69 Å². The summed E-state index contributed by atoms with van der Waals surface area (Å²) in [5.41, 5.74) is 0.935. The molecule has 8 heteroatoms. The van der Waals surface area contributed by atoms with E-state index in [4.69, 9.17) is 16.0 Å². The van der Waals surface area contributed by atoms with E-state index in [1.54, 1.807) is 42.5 Å². The van der Waals surface area contributed by atoms with Crippen LogP contribution in [0.25, 0.3) is 0 Å². The SMILES string of the molecule is O=C(Nc1nc(C(=O)Nc2ccc(Cl)nc2)co1)c1ccccc1. The van der Waals surface area contributed by atoms with Gasteiger partial charge in [0.2, 0.25) is 0 Å². The molecule has 0 fully saturated rings. The Hall–Kier alpha value is -3.19. The third-order valence-corrected chi connectivity index (χ3v) is 3.20. The zero-order chi connectivity index (χ0) is 16.9. The highest BCUT2D eigenvalue weighted by atomic mass is 35.5. The fourth-order valence-electron chi connectivity index (χ4n) is 1.84. The first-order chi connectivity index (χ1) is 11.6. The van der Waals surface area contributed by atoms with E-state index in [9.17, 15) is 9.59 Å². The van der Waals surface area contributed by atoms with Crippen molar-refractivity contribution in [2.45, 2.75) is 0 Å². The lowest BCUT2D eigenvalue weighted by Gasteiger charge is -2.01. The minimum atomic E-state index is -0.497. The van der Waals surface area contributed by atoms with Crippen LogP contribution in [-0.4, -0.2) is 21.8 Å². The Labute approximate surface area is 141 Å². The Kier molecular flexibility index (Phi) is 4.53. The van der Waals surface area contributed by atoms with Crippen molar-refractivity contribution in [3.05, 3.63) is 71.3 Å². The Bertz CT molecular complexity index is 863. The van der Waals surface area contributed by atoms with E-state index in [2.05, 4.69) is 20.6 Å². The fourth-order valence-corrected chi connectivity index (χ4v) is 1.95. The Morgan fingerprint density at radius 3 is 2.50 bits per heavy atom. The molecule has 0 spiro atoms. The van der Waals surface area contributed by atoms with Crippen LogP contribution >= 0.6 is 11.6 Å². The summed E-state index contributed by atoms with van der Waals surface area (Å²) >= 11 is 5.68. The van der Waals surface area contributed by atoms with E-state index >= 15 is 0 Å². The van der Waals surface area contributed by atoms with E-state index in [-0.39, 0.29) is 17.6 Å². The van der Waals surface area contributed by atoms with Crippen molar-refractivity contribution < 1.29 is 14.0 Å². The predicted molar refractivity (Wildman–Crippen MR) is 88.1 cm³/mol. The largest absolute Gasteiger partial charge is 0.431 e. The molecule has 7 nitrogen and oxygen atoms in total. The quantitative estimate of drug-likeness (QED) is 0.709. The lowest BCUT2D eigenvalue weighted by Crippen LogP contribution is -2.14. The minimum Gasteiger partial charge on any atom is -0.431 e. The first-order valence-electron chi connectivity index (χ1n) is 6.86. The van der Waals surface area contributed by atoms with Crippen LogP contribution in [0.4, 0.5) is 11.7 Å². The highest BCUT2D eigenvalue weighted by Gasteiger charge is 2.15. The minimum absolute atomic E-state index is 0.0216. The van der Waals surface area contributed by atoms with Crippen molar-refractivity contribution >= 4 is 35.1 Å². The van der Waals surface area contributed by atoms with Crippen LogP contribution in [0.3, 0.4) is 0 Å². The standard InChI is InChI=1S/C16H11ClN4O3/c17-13-7-6-11(8-18-13)19-15(23)12-9-24-16(20-12)21-14(22)10-4-2-1-3-5-10/h1-9H,(H,19,23)(H,20,21,22). The summed E-state index contributed by atoms with van der Waals surface area (Å²) < 4.78 is 5.09. The average Bonchev–Trinajstić information content (AvgIpc) is 3.06. The third kappa shape index (κ3) is 3.76. The second kappa shape index (κ2) is 6.93. The molecule has 0 unspecified atom stereocenters. The van der Waals surface area contributed by atoms with Gasteiger partial charge in [0, 0.05) is 5.56 Å². The van der Waals surface area contributed by atoms with Crippen molar-refractivity contribution in [1.82, 2.24) is 9.97 Å². The van der Waals surface area contributed by atoms with Crippen molar-refractivity contribution in [3.63, 3.8) is 0 Å². The first-order valence-corrected chi connectivity index (χ1v) is 7.24. The summed E-state index contributed by atoms with van der Waals surface area (Å²) in [5, 5.41) is 5.39. The first kappa shape index (κ1) is 15.7. The molecule has 0 radical (unpaired) electrons. The summed E-state index contributed by atoms with van der Waals surface area (Å²) in [4.78, 5) is 31.8. The van der Waals surface area contributed by atoms with Gasteiger partial charge in [-0.05, 0) is 24.3 Å². The number of hydrogen-bond acceptors (Lipinski definition) is 5. The van der Waals surface area contributed by atoms with E-state index < -0.39 is 5.91 Å². The van der Waals surface area contributed by atoms with Crippen LogP contribution in [0.15, 0.2) is 59.3 Å². The maximum absolute atomic E-state index is 12.1. The van der Waals surface area contributed by atoms with Gasteiger partial charge >= 0.3 is 6.01 Å². The van der Waals surface area contributed by atoms with Crippen LogP contribution in [0.5, 0.6) is 0 Å². The van der Waals surface area contributed by atoms with Crippen LogP contribution in [-0.2, 0) is 0 Å². The molecule has 2 N–H and O–H groups in total. The molecule has 2 aromatic heterocycles. The van der Waals surface area contributed by atoms with E-state index in [0.29, 0.717) is 16.4 Å². The van der Waals surface area contributed by atoms with Crippen molar-refractivity contribution in [2.24, 2.45) is 0 Å². The monoisotopic (exact) mass is 342 g/mol. The molecule has 0 aliphatic heterocycles. The number of anilines is 2.